The van der Waals surface area contributed by atoms with Crippen LogP contribution in [0, 0.1) is 10.1 Å². The van der Waals surface area contributed by atoms with Gasteiger partial charge >= 0.3 is 0 Å². The Morgan fingerprint density at radius 1 is 1.19 bits per heavy atom. The van der Waals surface area contributed by atoms with Gasteiger partial charge in [0, 0.05) is 17.0 Å². The lowest BCUT2D eigenvalue weighted by Crippen LogP contribution is -2.23. The van der Waals surface area contributed by atoms with Crippen molar-refractivity contribution in [3.8, 4) is 5.75 Å². The van der Waals surface area contributed by atoms with Crippen LogP contribution in [0.5, 0.6) is 5.75 Å². The van der Waals surface area contributed by atoms with E-state index in [9.17, 15) is 14.9 Å². The van der Waals surface area contributed by atoms with Gasteiger partial charge in [-0.15, -0.1) is 11.3 Å². The first-order valence-corrected chi connectivity index (χ1v) is 9.82. The van der Waals surface area contributed by atoms with Crippen molar-refractivity contribution in [3.63, 3.8) is 0 Å². The molecule has 1 aromatic carbocycles. The number of nitro groups is 1. The van der Waals surface area contributed by atoms with Crippen LogP contribution in [0.4, 0.5) is 5.69 Å². The van der Waals surface area contributed by atoms with Crippen molar-refractivity contribution in [2.75, 3.05) is 6.61 Å². The molecule has 0 aliphatic heterocycles. The first-order chi connectivity index (χ1) is 13.1. The lowest BCUT2D eigenvalue weighted by molar-refractivity contribution is -0.384. The second-order valence-electron chi connectivity index (χ2n) is 6.59. The Kier molecular flexibility index (Phi) is 4.89. The van der Waals surface area contributed by atoms with E-state index in [1.54, 1.807) is 34.4 Å². The van der Waals surface area contributed by atoms with E-state index in [1.807, 2.05) is 0 Å². The minimum atomic E-state index is -0.450. The Bertz CT molecular complexity index is 1040. The van der Waals surface area contributed by atoms with Gasteiger partial charge in [-0.3, -0.25) is 19.5 Å². The molecule has 0 fully saturated rings. The molecule has 7 nitrogen and oxygen atoms in total. The molecule has 3 aromatic rings. The zero-order chi connectivity index (χ0) is 18.8. The molecule has 0 atom stereocenters. The van der Waals surface area contributed by atoms with Crippen LogP contribution in [0.25, 0.3) is 10.2 Å². The highest BCUT2D eigenvalue weighted by molar-refractivity contribution is 7.18. The van der Waals surface area contributed by atoms with Crippen molar-refractivity contribution in [2.24, 2.45) is 0 Å². The van der Waals surface area contributed by atoms with E-state index in [0.717, 1.165) is 29.5 Å². The Morgan fingerprint density at radius 2 is 1.96 bits per heavy atom. The Balaban J connectivity index is 1.50. The first kappa shape index (κ1) is 17.7. The van der Waals surface area contributed by atoms with E-state index in [2.05, 4.69) is 4.98 Å². The van der Waals surface area contributed by atoms with Crippen molar-refractivity contribution in [1.82, 2.24) is 9.55 Å². The van der Waals surface area contributed by atoms with Gasteiger partial charge in [0.05, 0.1) is 23.2 Å². The van der Waals surface area contributed by atoms with Crippen molar-refractivity contribution in [1.29, 1.82) is 0 Å². The number of hydrogen-bond donors (Lipinski definition) is 0. The van der Waals surface area contributed by atoms with Gasteiger partial charge in [0.2, 0.25) is 0 Å². The number of nitrogens with zero attached hydrogens (tertiary/aromatic N) is 3. The molecule has 0 unspecified atom stereocenters. The highest BCUT2D eigenvalue weighted by atomic mass is 32.1. The van der Waals surface area contributed by atoms with Crippen molar-refractivity contribution in [3.05, 3.63) is 61.5 Å². The van der Waals surface area contributed by atoms with E-state index in [1.165, 1.54) is 35.4 Å². The molecule has 0 saturated carbocycles. The van der Waals surface area contributed by atoms with Gasteiger partial charge in [-0.05, 0) is 43.4 Å². The summed E-state index contributed by atoms with van der Waals surface area (Å²) in [5, 5.41) is 11.5. The van der Waals surface area contributed by atoms with Crippen molar-refractivity contribution >= 4 is 27.2 Å². The highest BCUT2D eigenvalue weighted by Gasteiger charge is 2.19. The fourth-order valence-corrected chi connectivity index (χ4v) is 4.66. The number of aromatic nitrogens is 2. The summed E-state index contributed by atoms with van der Waals surface area (Å²) in [4.78, 5) is 29.8. The van der Waals surface area contributed by atoms with Crippen LogP contribution in [0.3, 0.4) is 0 Å². The fourth-order valence-electron chi connectivity index (χ4n) is 3.44. The molecule has 27 heavy (non-hydrogen) atoms. The maximum atomic E-state index is 12.9. The van der Waals surface area contributed by atoms with Gasteiger partial charge < -0.3 is 4.74 Å². The molecule has 4 rings (SSSR count). The second kappa shape index (κ2) is 7.48. The summed E-state index contributed by atoms with van der Waals surface area (Å²) in [7, 11) is 0. The smallest absolute Gasteiger partial charge is 0.269 e. The molecule has 0 radical (unpaired) electrons. The van der Waals surface area contributed by atoms with E-state index < -0.39 is 4.92 Å². The minimum Gasteiger partial charge on any atom is -0.492 e. The number of nitro benzene ring substituents is 1. The number of rotatable bonds is 5. The van der Waals surface area contributed by atoms with Crippen molar-refractivity contribution in [2.45, 2.75) is 38.6 Å². The Morgan fingerprint density at radius 3 is 2.74 bits per heavy atom. The summed E-state index contributed by atoms with van der Waals surface area (Å²) in [6.07, 6.45) is 7.09. The van der Waals surface area contributed by atoms with Crippen molar-refractivity contribution < 1.29 is 9.66 Å². The number of ether oxygens (including phenoxy) is 1. The number of aryl methyl sites for hydroxylation is 2. The maximum Gasteiger partial charge on any atom is 0.269 e. The number of hydrogen-bond acceptors (Lipinski definition) is 6. The molecule has 0 amide bonds. The normalized spacial score (nSPS) is 13.9. The third-order valence-electron chi connectivity index (χ3n) is 4.84. The van der Waals surface area contributed by atoms with Gasteiger partial charge in [-0.2, -0.15) is 0 Å². The molecule has 0 saturated heterocycles. The summed E-state index contributed by atoms with van der Waals surface area (Å²) in [6, 6.07) is 5.91. The molecular weight excluding hydrogens is 366 g/mol. The Hall–Kier alpha value is -2.74. The lowest BCUT2D eigenvalue weighted by Gasteiger charge is -2.08. The topological polar surface area (TPSA) is 87.3 Å². The van der Waals surface area contributed by atoms with Gasteiger partial charge in [-0.25, -0.2) is 4.98 Å². The number of thiophene rings is 1. The van der Waals surface area contributed by atoms with E-state index in [-0.39, 0.29) is 17.9 Å². The SMILES string of the molecule is O=c1c2c3c(sc2ncn1CCOc1ccc([N+](=O)[O-])cc1)CCCCC3. The average molecular weight is 385 g/mol. The molecule has 2 heterocycles. The van der Waals surface area contributed by atoms with Gasteiger partial charge in [0.15, 0.2) is 0 Å². The fraction of sp³-hybridized carbons (Fsp3) is 0.368. The largest absolute Gasteiger partial charge is 0.492 e. The molecular formula is C19H19N3O4S. The maximum absolute atomic E-state index is 12.9. The second-order valence-corrected chi connectivity index (χ2v) is 7.67. The summed E-state index contributed by atoms with van der Waals surface area (Å²) in [6.45, 7) is 0.667. The van der Waals surface area contributed by atoms with Gasteiger partial charge in [-0.1, -0.05) is 6.42 Å². The van der Waals surface area contributed by atoms with Crippen LogP contribution < -0.4 is 10.3 Å². The summed E-state index contributed by atoms with van der Waals surface area (Å²) < 4.78 is 7.21. The third kappa shape index (κ3) is 3.57. The molecule has 2 aromatic heterocycles. The molecule has 8 heteroatoms. The first-order valence-electron chi connectivity index (χ1n) is 9.00. The molecule has 0 bridgehead atoms. The Labute approximate surface area is 159 Å². The van der Waals surface area contributed by atoms with Gasteiger partial charge in [0.25, 0.3) is 11.2 Å². The molecule has 1 aliphatic carbocycles. The molecule has 0 spiro atoms. The predicted octanol–water partition coefficient (Wildman–Crippen LogP) is 3.71. The number of fused-ring (bicyclic) bond motifs is 3. The highest BCUT2D eigenvalue weighted by Crippen LogP contribution is 2.32. The minimum absolute atomic E-state index is 0.00769. The van der Waals surface area contributed by atoms with Crippen LogP contribution >= 0.6 is 11.3 Å². The summed E-state index contributed by atoms with van der Waals surface area (Å²) in [5.41, 5.74) is 1.20. The third-order valence-corrected chi connectivity index (χ3v) is 6.04. The van der Waals surface area contributed by atoms with Crippen LogP contribution in [0.15, 0.2) is 35.4 Å². The number of non-ortho nitro benzene ring substituents is 1. The van der Waals surface area contributed by atoms with E-state index in [4.69, 9.17) is 4.74 Å². The lowest BCUT2D eigenvalue weighted by atomic mass is 10.1. The van der Waals surface area contributed by atoms with Gasteiger partial charge in [0.1, 0.15) is 17.2 Å². The number of benzene rings is 1. The van der Waals surface area contributed by atoms with Crippen LogP contribution in [0.2, 0.25) is 0 Å². The summed E-state index contributed by atoms with van der Waals surface area (Å²) in [5.74, 6) is 0.534. The van der Waals surface area contributed by atoms with E-state index in [0.29, 0.717) is 12.3 Å². The van der Waals surface area contributed by atoms with E-state index >= 15 is 0 Å². The zero-order valence-corrected chi connectivity index (χ0v) is 15.5. The van der Waals surface area contributed by atoms with Crippen LogP contribution in [-0.4, -0.2) is 21.1 Å². The monoisotopic (exact) mass is 385 g/mol. The molecule has 140 valence electrons. The van der Waals surface area contributed by atoms with Crippen LogP contribution in [0.1, 0.15) is 29.7 Å². The quantitative estimate of drug-likeness (QED) is 0.379. The molecule has 1 aliphatic rings. The summed E-state index contributed by atoms with van der Waals surface area (Å²) >= 11 is 1.65. The zero-order valence-electron chi connectivity index (χ0n) is 14.7. The average Bonchev–Trinajstić information content (AvgIpc) is 2.86. The standard InChI is InChI=1S/C19H19N3O4S/c23-19-17-15-4-2-1-3-5-16(15)27-18(17)20-12-21(19)10-11-26-14-8-6-13(7-9-14)22(24)25/h6-9,12H,1-5,10-11H2. The predicted molar refractivity (Wildman–Crippen MR) is 104 cm³/mol. The van der Waals surface area contributed by atoms with Crippen LogP contribution in [-0.2, 0) is 19.4 Å². The molecule has 0 N–H and O–H groups in total.